The van der Waals surface area contributed by atoms with Crippen molar-refractivity contribution in [3.63, 3.8) is 0 Å². The number of methoxy groups -OCH3 is 2. The second-order valence-corrected chi connectivity index (χ2v) is 4.90. The van der Waals surface area contributed by atoms with E-state index in [1.165, 1.54) is 0 Å². The topological polar surface area (TPSA) is 116 Å². The molecule has 0 saturated heterocycles. The molecule has 1 rings (SSSR count). The lowest BCUT2D eigenvalue weighted by Gasteiger charge is -2.14. The van der Waals surface area contributed by atoms with Crippen LogP contribution in [0.3, 0.4) is 0 Å². The third-order valence-electron chi connectivity index (χ3n) is 3.29. The molecule has 0 aliphatic heterocycles. The molecule has 0 aliphatic carbocycles. The van der Waals surface area contributed by atoms with Crippen LogP contribution >= 0.6 is 0 Å². The smallest absolute Gasteiger partial charge is 0.375 e. The highest BCUT2D eigenvalue weighted by atomic mass is 16.5. The van der Waals surface area contributed by atoms with Crippen molar-refractivity contribution < 1.29 is 33.4 Å². The number of esters is 2. The fourth-order valence-electron chi connectivity index (χ4n) is 1.99. The van der Waals surface area contributed by atoms with E-state index in [0.29, 0.717) is 16.8 Å². The first kappa shape index (κ1) is 19.0. The number of carbonyl (C=O) groups excluding carboxylic acids is 5. The SMILES string of the molecule is COC(=O)C(=O)C(C(=O)OC)C(=O)C(=O)Nc1c(C)cccc1C. The minimum Gasteiger partial charge on any atom is -0.468 e. The standard InChI is InChI=1S/C16H17NO7/c1-8-6-5-7-9(2)11(8)17-14(20)12(18)10(15(21)23-3)13(19)16(22)24-4/h5-7,10H,1-4H3,(H,17,20). The summed E-state index contributed by atoms with van der Waals surface area (Å²) >= 11 is 0. The molecule has 0 bridgehead atoms. The average Bonchev–Trinajstić information content (AvgIpc) is 2.56. The van der Waals surface area contributed by atoms with Crippen molar-refractivity contribution in [2.24, 2.45) is 5.92 Å². The van der Waals surface area contributed by atoms with Gasteiger partial charge in [0.25, 0.3) is 11.7 Å². The maximum Gasteiger partial charge on any atom is 0.375 e. The summed E-state index contributed by atoms with van der Waals surface area (Å²) in [6.45, 7) is 3.43. The Kier molecular flexibility index (Phi) is 6.34. The highest BCUT2D eigenvalue weighted by Gasteiger charge is 2.42. The summed E-state index contributed by atoms with van der Waals surface area (Å²) in [5.41, 5.74) is 1.75. The van der Waals surface area contributed by atoms with Gasteiger partial charge in [-0.2, -0.15) is 0 Å². The van der Waals surface area contributed by atoms with E-state index in [-0.39, 0.29) is 0 Å². The summed E-state index contributed by atoms with van der Waals surface area (Å²) in [5, 5.41) is 2.35. The maximum absolute atomic E-state index is 12.2. The molecular weight excluding hydrogens is 318 g/mol. The Hall–Kier alpha value is -3.03. The molecule has 128 valence electrons. The van der Waals surface area contributed by atoms with Crippen LogP contribution in [0.1, 0.15) is 11.1 Å². The number of ketones is 2. The van der Waals surface area contributed by atoms with Crippen LogP contribution in [0.2, 0.25) is 0 Å². The van der Waals surface area contributed by atoms with Crippen molar-refractivity contribution in [1.29, 1.82) is 0 Å². The Bertz CT molecular complexity index is 688. The first-order valence-corrected chi connectivity index (χ1v) is 6.86. The van der Waals surface area contributed by atoms with Gasteiger partial charge in [0.1, 0.15) is 0 Å². The molecule has 0 fully saturated rings. The molecule has 0 aliphatic rings. The zero-order valence-corrected chi connectivity index (χ0v) is 13.7. The molecule has 1 N–H and O–H groups in total. The lowest BCUT2D eigenvalue weighted by Crippen LogP contribution is -2.43. The third kappa shape index (κ3) is 4.03. The summed E-state index contributed by atoms with van der Waals surface area (Å²) in [5.74, 6) is -9.01. The van der Waals surface area contributed by atoms with Crippen LogP contribution in [0.5, 0.6) is 0 Å². The zero-order valence-electron chi connectivity index (χ0n) is 13.7. The second kappa shape index (κ2) is 8.00. The normalized spacial score (nSPS) is 11.2. The molecule has 8 heteroatoms. The molecule has 0 saturated carbocycles. The number of Topliss-reactive ketones (excluding diaryl/α,β-unsaturated/α-hetero) is 2. The van der Waals surface area contributed by atoms with Gasteiger partial charge in [-0.3, -0.25) is 19.2 Å². The number of anilines is 1. The van der Waals surface area contributed by atoms with Crippen LogP contribution in [-0.4, -0.2) is 43.6 Å². The number of hydrogen-bond acceptors (Lipinski definition) is 7. The number of rotatable bonds is 6. The van der Waals surface area contributed by atoms with Crippen LogP contribution in [0.15, 0.2) is 18.2 Å². The lowest BCUT2D eigenvalue weighted by molar-refractivity contribution is -0.163. The van der Waals surface area contributed by atoms with Crippen LogP contribution in [-0.2, 0) is 33.4 Å². The van der Waals surface area contributed by atoms with Crippen molar-refractivity contribution in [2.45, 2.75) is 13.8 Å². The number of amides is 1. The number of hydrogen-bond donors (Lipinski definition) is 1. The number of ether oxygens (including phenoxy) is 2. The lowest BCUT2D eigenvalue weighted by atomic mass is 9.97. The van der Waals surface area contributed by atoms with E-state index in [0.717, 1.165) is 14.2 Å². The second-order valence-electron chi connectivity index (χ2n) is 4.90. The molecule has 1 unspecified atom stereocenters. The predicted octanol–water partition coefficient (Wildman–Crippen LogP) is 0.342. The summed E-state index contributed by atoms with van der Waals surface area (Å²) < 4.78 is 8.52. The van der Waals surface area contributed by atoms with Crippen LogP contribution < -0.4 is 5.32 Å². The van der Waals surface area contributed by atoms with Gasteiger partial charge in [0.15, 0.2) is 5.92 Å². The van der Waals surface area contributed by atoms with E-state index < -0.39 is 35.3 Å². The quantitative estimate of drug-likeness (QED) is 0.453. The number of aryl methyl sites for hydroxylation is 2. The minimum atomic E-state index is -2.20. The van der Waals surface area contributed by atoms with Gasteiger partial charge in [0.05, 0.1) is 14.2 Å². The van der Waals surface area contributed by atoms with Crippen molar-refractivity contribution in [1.82, 2.24) is 0 Å². The molecule has 1 aromatic carbocycles. The first-order valence-electron chi connectivity index (χ1n) is 6.86. The Morgan fingerprint density at radius 3 is 1.92 bits per heavy atom. The van der Waals surface area contributed by atoms with Crippen molar-refractivity contribution in [3.05, 3.63) is 29.3 Å². The summed E-state index contributed by atoms with van der Waals surface area (Å²) in [6, 6.07) is 5.19. The fourth-order valence-corrected chi connectivity index (χ4v) is 1.99. The van der Waals surface area contributed by atoms with Gasteiger partial charge < -0.3 is 14.8 Å². The molecule has 0 spiro atoms. The Labute approximate surface area is 138 Å². The summed E-state index contributed by atoms with van der Waals surface area (Å²) in [6.07, 6.45) is 0. The highest BCUT2D eigenvalue weighted by molar-refractivity contribution is 6.54. The van der Waals surface area contributed by atoms with E-state index >= 15 is 0 Å². The van der Waals surface area contributed by atoms with Gasteiger partial charge >= 0.3 is 11.9 Å². The van der Waals surface area contributed by atoms with E-state index in [1.54, 1.807) is 32.0 Å². The molecule has 0 heterocycles. The first-order chi connectivity index (χ1) is 11.2. The van der Waals surface area contributed by atoms with Crippen LogP contribution in [0.25, 0.3) is 0 Å². The highest BCUT2D eigenvalue weighted by Crippen LogP contribution is 2.20. The van der Waals surface area contributed by atoms with E-state index in [9.17, 15) is 24.0 Å². The molecule has 0 radical (unpaired) electrons. The van der Waals surface area contributed by atoms with Gasteiger partial charge in [-0.25, -0.2) is 4.79 Å². The Morgan fingerprint density at radius 1 is 0.917 bits per heavy atom. The van der Waals surface area contributed by atoms with E-state index in [1.807, 2.05) is 0 Å². The summed E-state index contributed by atoms with van der Waals surface area (Å²) in [4.78, 5) is 59.1. The van der Waals surface area contributed by atoms with E-state index in [2.05, 4.69) is 14.8 Å². The molecule has 1 aromatic rings. The number of para-hydroxylation sites is 1. The molecule has 1 atom stereocenters. The monoisotopic (exact) mass is 335 g/mol. The molecule has 1 amide bonds. The van der Waals surface area contributed by atoms with Crippen LogP contribution in [0, 0.1) is 19.8 Å². The van der Waals surface area contributed by atoms with Crippen LogP contribution in [0.4, 0.5) is 5.69 Å². The number of carbonyl (C=O) groups is 5. The third-order valence-corrected chi connectivity index (χ3v) is 3.29. The maximum atomic E-state index is 12.2. The predicted molar refractivity (Wildman–Crippen MR) is 82.1 cm³/mol. The minimum absolute atomic E-state index is 0.380. The van der Waals surface area contributed by atoms with Crippen molar-refractivity contribution in [2.75, 3.05) is 19.5 Å². The zero-order chi connectivity index (χ0) is 18.4. The van der Waals surface area contributed by atoms with Crippen molar-refractivity contribution in [3.8, 4) is 0 Å². The molecule has 24 heavy (non-hydrogen) atoms. The van der Waals surface area contributed by atoms with Gasteiger partial charge in [-0.15, -0.1) is 0 Å². The largest absolute Gasteiger partial charge is 0.468 e. The summed E-state index contributed by atoms with van der Waals surface area (Å²) in [7, 11) is 1.84. The number of benzene rings is 1. The average molecular weight is 335 g/mol. The molecular formula is C16H17NO7. The Balaban J connectivity index is 3.10. The molecule has 0 aromatic heterocycles. The molecule has 8 nitrogen and oxygen atoms in total. The van der Waals surface area contributed by atoms with Crippen molar-refractivity contribution >= 4 is 35.1 Å². The number of nitrogens with one attached hydrogen (secondary N) is 1. The fraction of sp³-hybridized carbons (Fsp3) is 0.312. The van der Waals surface area contributed by atoms with Gasteiger partial charge in [-0.1, -0.05) is 18.2 Å². The van der Waals surface area contributed by atoms with Gasteiger partial charge in [-0.05, 0) is 25.0 Å². The van der Waals surface area contributed by atoms with Gasteiger partial charge in [0, 0.05) is 5.69 Å². The van der Waals surface area contributed by atoms with E-state index in [4.69, 9.17) is 0 Å². The Morgan fingerprint density at radius 2 is 1.46 bits per heavy atom. The van der Waals surface area contributed by atoms with Gasteiger partial charge in [0.2, 0.25) is 5.78 Å².